The van der Waals surface area contributed by atoms with Crippen molar-refractivity contribution in [2.75, 3.05) is 42.7 Å². The van der Waals surface area contributed by atoms with E-state index in [1.54, 1.807) is 42.7 Å². The van der Waals surface area contributed by atoms with Gasteiger partial charge in [0.05, 0.1) is 42.7 Å². The van der Waals surface area contributed by atoms with E-state index < -0.39 is 0 Å². The second-order valence-corrected chi connectivity index (χ2v) is 11.4. The topological polar surface area (TPSA) is 81.4 Å². The van der Waals surface area contributed by atoms with E-state index in [0.29, 0.717) is 34.5 Å². The third kappa shape index (κ3) is 5.79. The largest absolute Gasteiger partial charge is 0.493 e. The Balaban J connectivity index is 1.51. The van der Waals surface area contributed by atoms with Gasteiger partial charge < -0.3 is 34.2 Å². The van der Waals surface area contributed by atoms with Crippen LogP contribution < -0.4 is 34.2 Å². The molecule has 0 aromatic heterocycles. The van der Waals surface area contributed by atoms with Crippen LogP contribution in [-0.4, -0.2) is 48.7 Å². The number of nitrogens with two attached hydrogens (primary N) is 1. The van der Waals surface area contributed by atoms with E-state index in [1.807, 2.05) is 24.3 Å². The quantitative estimate of drug-likeness (QED) is 0.160. The first kappa shape index (κ1) is 32.5. The van der Waals surface area contributed by atoms with Crippen molar-refractivity contribution in [3.05, 3.63) is 94.0 Å². The van der Waals surface area contributed by atoms with Gasteiger partial charge in [0.1, 0.15) is 0 Å². The fourth-order valence-corrected chi connectivity index (χ4v) is 6.39. The summed E-state index contributed by atoms with van der Waals surface area (Å²) in [4.78, 5) is 0. The fraction of sp³-hybridized carbons (Fsp3) is 0.282. The fourth-order valence-electron chi connectivity index (χ4n) is 6.39. The average Bonchev–Trinajstić information content (AvgIpc) is 3.35. The highest BCUT2D eigenvalue weighted by molar-refractivity contribution is 5.85. The van der Waals surface area contributed by atoms with Crippen LogP contribution in [0.5, 0.6) is 34.5 Å². The minimum atomic E-state index is -0.369. The van der Waals surface area contributed by atoms with Crippen LogP contribution in [0.2, 0.25) is 0 Å². The van der Waals surface area contributed by atoms with E-state index in [4.69, 9.17) is 34.2 Å². The summed E-state index contributed by atoms with van der Waals surface area (Å²) in [7, 11) is 9.69. The number of rotatable bonds is 12. The molecule has 46 heavy (non-hydrogen) atoms. The molecule has 0 spiro atoms. The van der Waals surface area contributed by atoms with Crippen molar-refractivity contribution >= 4 is 24.3 Å². The Hall–Kier alpha value is -4.88. The lowest BCUT2D eigenvalue weighted by Gasteiger charge is -2.33. The van der Waals surface area contributed by atoms with Gasteiger partial charge in [-0.2, -0.15) is 0 Å². The van der Waals surface area contributed by atoms with Gasteiger partial charge in [-0.1, -0.05) is 67.6 Å². The molecular formula is C39H43NO6. The number of hydrogen-bond donors (Lipinski definition) is 1. The molecule has 4 aromatic rings. The number of benzene rings is 4. The van der Waals surface area contributed by atoms with Gasteiger partial charge in [-0.15, -0.1) is 0 Å². The van der Waals surface area contributed by atoms with E-state index in [-0.39, 0.29) is 11.5 Å². The van der Waals surface area contributed by atoms with E-state index in [1.165, 1.54) is 22.3 Å². The van der Waals surface area contributed by atoms with Crippen LogP contribution in [0.15, 0.2) is 60.7 Å². The van der Waals surface area contributed by atoms with E-state index >= 15 is 0 Å². The number of ether oxygens (including phenoxy) is 6. The van der Waals surface area contributed by atoms with Crippen LogP contribution in [0.4, 0.5) is 0 Å². The number of fused-ring (bicyclic) bond motifs is 3. The predicted octanol–water partition coefficient (Wildman–Crippen LogP) is 8.10. The summed E-state index contributed by atoms with van der Waals surface area (Å²) >= 11 is 0. The van der Waals surface area contributed by atoms with E-state index in [0.717, 1.165) is 28.7 Å². The van der Waals surface area contributed by atoms with Crippen LogP contribution >= 0.6 is 0 Å². The summed E-state index contributed by atoms with van der Waals surface area (Å²) in [6.45, 7) is 4.42. The van der Waals surface area contributed by atoms with Gasteiger partial charge in [-0.25, -0.2) is 0 Å². The standard InChI is InChI=1S/C39H43NO6/c1-9-36(40)39(2)30-18-24(10-12-26-20-32(41-3)37(45-7)33(21-26)42-4)14-16-28(30)29-17-15-25(19-31(29)39)11-13-27-22-34(43-5)38(46-8)35(23-27)44-6/h10-23,36H,9,40H2,1-8H3/b12-10+,13-11+. The zero-order valence-electron chi connectivity index (χ0n) is 27.9. The highest BCUT2D eigenvalue weighted by Crippen LogP contribution is 2.51. The molecule has 1 atom stereocenters. The highest BCUT2D eigenvalue weighted by Gasteiger charge is 2.43. The monoisotopic (exact) mass is 621 g/mol. The lowest BCUT2D eigenvalue weighted by molar-refractivity contribution is 0.324. The van der Waals surface area contributed by atoms with Crippen molar-refractivity contribution in [1.29, 1.82) is 0 Å². The molecule has 240 valence electrons. The lowest BCUT2D eigenvalue weighted by Crippen LogP contribution is -2.42. The normalized spacial score (nSPS) is 13.8. The van der Waals surface area contributed by atoms with Gasteiger partial charge in [-0.3, -0.25) is 0 Å². The summed E-state index contributed by atoms with van der Waals surface area (Å²) in [5.74, 6) is 3.59. The molecule has 7 heteroatoms. The minimum Gasteiger partial charge on any atom is -0.493 e. The Bertz CT molecular complexity index is 1620. The molecule has 1 aliphatic carbocycles. The molecule has 1 aliphatic rings. The van der Waals surface area contributed by atoms with Crippen LogP contribution in [0, 0.1) is 0 Å². The van der Waals surface area contributed by atoms with Crippen molar-refractivity contribution in [2.24, 2.45) is 5.73 Å². The Labute approximate surface area is 272 Å². The van der Waals surface area contributed by atoms with Crippen LogP contribution in [0.3, 0.4) is 0 Å². The molecule has 0 fully saturated rings. The molecule has 5 rings (SSSR count). The van der Waals surface area contributed by atoms with Gasteiger partial charge in [0.15, 0.2) is 23.0 Å². The number of methoxy groups -OCH3 is 6. The van der Waals surface area contributed by atoms with Crippen LogP contribution in [-0.2, 0) is 5.41 Å². The molecule has 2 N–H and O–H groups in total. The highest BCUT2D eigenvalue weighted by atomic mass is 16.5. The molecule has 0 aliphatic heterocycles. The first-order chi connectivity index (χ1) is 22.2. The SMILES string of the molecule is CCC(N)C1(C)c2cc(/C=C/c3cc(OC)c(OC)c(OC)c3)ccc2-c2ccc(/C=C/c3cc(OC)c(OC)c(OC)c3)cc21. The van der Waals surface area contributed by atoms with Gasteiger partial charge in [0, 0.05) is 11.5 Å². The summed E-state index contributed by atoms with van der Waals surface area (Å²) in [5, 5.41) is 0. The van der Waals surface area contributed by atoms with Gasteiger partial charge >= 0.3 is 0 Å². The van der Waals surface area contributed by atoms with Crippen molar-refractivity contribution < 1.29 is 28.4 Å². The van der Waals surface area contributed by atoms with Gasteiger partial charge in [0.2, 0.25) is 11.5 Å². The molecule has 7 nitrogen and oxygen atoms in total. The molecule has 0 saturated carbocycles. The van der Waals surface area contributed by atoms with Crippen molar-refractivity contribution in [3.8, 4) is 45.6 Å². The van der Waals surface area contributed by atoms with Crippen molar-refractivity contribution in [1.82, 2.24) is 0 Å². The predicted molar refractivity (Wildman–Crippen MR) is 187 cm³/mol. The van der Waals surface area contributed by atoms with Gasteiger partial charge in [-0.05, 0) is 82.1 Å². The average molecular weight is 622 g/mol. The zero-order chi connectivity index (χ0) is 33.0. The summed E-state index contributed by atoms with van der Waals surface area (Å²) < 4.78 is 33.1. The number of hydrogen-bond acceptors (Lipinski definition) is 7. The Morgan fingerprint density at radius 2 is 0.891 bits per heavy atom. The maximum absolute atomic E-state index is 6.94. The van der Waals surface area contributed by atoms with Gasteiger partial charge in [0.25, 0.3) is 0 Å². The van der Waals surface area contributed by atoms with Crippen LogP contribution in [0.1, 0.15) is 53.6 Å². The van der Waals surface area contributed by atoms with E-state index in [9.17, 15) is 0 Å². The molecule has 1 unspecified atom stereocenters. The Morgan fingerprint density at radius 3 is 1.20 bits per heavy atom. The third-order valence-electron chi connectivity index (χ3n) is 8.99. The smallest absolute Gasteiger partial charge is 0.203 e. The molecule has 0 amide bonds. The van der Waals surface area contributed by atoms with E-state index in [2.05, 4.69) is 74.5 Å². The van der Waals surface area contributed by atoms with Crippen molar-refractivity contribution in [2.45, 2.75) is 31.7 Å². The minimum absolute atomic E-state index is 0.0730. The second kappa shape index (κ2) is 13.6. The third-order valence-corrected chi connectivity index (χ3v) is 8.99. The Kier molecular flexibility index (Phi) is 9.63. The molecule has 0 bridgehead atoms. The molecular weight excluding hydrogens is 578 g/mol. The second-order valence-electron chi connectivity index (χ2n) is 11.4. The maximum atomic E-state index is 6.94. The lowest BCUT2D eigenvalue weighted by atomic mass is 9.72. The summed E-state index contributed by atoms with van der Waals surface area (Å²) in [5.41, 5.74) is 15.5. The Morgan fingerprint density at radius 1 is 0.543 bits per heavy atom. The molecule has 0 heterocycles. The molecule has 4 aromatic carbocycles. The summed E-state index contributed by atoms with van der Waals surface area (Å²) in [6.07, 6.45) is 9.15. The molecule has 0 radical (unpaired) electrons. The molecule has 0 saturated heterocycles. The maximum Gasteiger partial charge on any atom is 0.203 e. The van der Waals surface area contributed by atoms with Crippen LogP contribution in [0.25, 0.3) is 35.4 Å². The first-order valence-electron chi connectivity index (χ1n) is 15.3. The van der Waals surface area contributed by atoms with Crippen molar-refractivity contribution in [3.63, 3.8) is 0 Å². The first-order valence-corrected chi connectivity index (χ1v) is 15.3. The summed E-state index contributed by atoms with van der Waals surface area (Å²) in [6, 6.07) is 20.9. The zero-order valence-corrected chi connectivity index (χ0v) is 27.9.